The lowest BCUT2D eigenvalue weighted by molar-refractivity contribution is -0.384. The molecule has 134 valence electrons. The van der Waals surface area contributed by atoms with Crippen LogP contribution in [0.25, 0.3) is 0 Å². The van der Waals surface area contributed by atoms with Crippen LogP contribution in [-0.2, 0) is 0 Å². The van der Waals surface area contributed by atoms with E-state index in [9.17, 15) is 10.1 Å². The highest BCUT2D eigenvalue weighted by atomic mass is 16.6. The van der Waals surface area contributed by atoms with Crippen molar-refractivity contribution in [2.75, 3.05) is 18.0 Å². The molecule has 0 aliphatic rings. The van der Waals surface area contributed by atoms with Gasteiger partial charge in [0.05, 0.1) is 28.8 Å². The molecule has 7 nitrogen and oxygen atoms in total. The van der Waals surface area contributed by atoms with Crippen LogP contribution in [0.5, 0.6) is 0 Å². The summed E-state index contributed by atoms with van der Waals surface area (Å²) in [7, 11) is 0. The van der Waals surface area contributed by atoms with Gasteiger partial charge >= 0.3 is 0 Å². The number of nitriles is 1. The van der Waals surface area contributed by atoms with Gasteiger partial charge in [0, 0.05) is 30.9 Å². The van der Waals surface area contributed by atoms with Crippen molar-refractivity contribution < 1.29 is 4.92 Å². The number of azo groups is 1. The fourth-order valence-corrected chi connectivity index (χ4v) is 2.39. The van der Waals surface area contributed by atoms with Crippen molar-refractivity contribution in [2.24, 2.45) is 10.2 Å². The highest BCUT2D eigenvalue weighted by Crippen LogP contribution is 2.24. The molecule has 2 rings (SSSR count). The summed E-state index contributed by atoms with van der Waals surface area (Å²) in [4.78, 5) is 12.4. The molecular formula is C19H21N5O2. The lowest BCUT2D eigenvalue weighted by atomic mass is 10.2. The molecule has 0 aliphatic carbocycles. The molecule has 2 aromatic rings. The van der Waals surface area contributed by atoms with E-state index in [1.165, 1.54) is 12.1 Å². The van der Waals surface area contributed by atoms with E-state index < -0.39 is 4.92 Å². The number of benzene rings is 2. The van der Waals surface area contributed by atoms with Gasteiger partial charge in [-0.1, -0.05) is 13.3 Å². The van der Waals surface area contributed by atoms with Gasteiger partial charge in [-0.2, -0.15) is 15.5 Å². The minimum atomic E-state index is -0.448. The van der Waals surface area contributed by atoms with E-state index in [0.29, 0.717) is 24.3 Å². The maximum atomic E-state index is 10.6. The van der Waals surface area contributed by atoms with Crippen molar-refractivity contribution in [3.05, 3.63) is 58.6 Å². The molecule has 0 fully saturated rings. The van der Waals surface area contributed by atoms with Gasteiger partial charge in [0.25, 0.3) is 5.69 Å². The van der Waals surface area contributed by atoms with Crippen LogP contribution in [0.1, 0.15) is 26.2 Å². The molecule has 0 amide bonds. The van der Waals surface area contributed by atoms with Gasteiger partial charge in [0.1, 0.15) is 0 Å². The second-order valence-electron chi connectivity index (χ2n) is 5.74. The number of hydrogen-bond donors (Lipinski definition) is 0. The zero-order chi connectivity index (χ0) is 18.8. The number of hydrogen-bond acceptors (Lipinski definition) is 6. The van der Waals surface area contributed by atoms with E-state index in [2.05, 4.69) is 28.1 Å². The number of nitro groups is 1. The van der Waals surface area contributed by atoms with Crippen LogP contribution in [0.4, 0.5) is 22.7 Å². The van der Waals surface area contributed by atoms with Crippen LogP contribution < -0.4 is 4.90 Å². The lowest BCUT2D eigenvalue weighted by Gasteiger charge is -2.23. The molecule has 0 saturated heterocycles. The summed E-state index contributed by atoms with van der Waals surface area (Å²) in [6.45, 7) is 3.77. The summed E-state index contributed by atoms with van der Waals surface area (Å²) in [5.74, 6) is 0. The van der Waals surface area contributed by atoms with Crippen LogP contribution in [0.2, 0.25) is 0 Å². The Morgan fingerprint density at radius 1 is 1.04 bits per heavy atom. The predicted octanol–water partition coefficient (Wildman–Crippen LogP) is 5.53. The number of nitro benzene ring substituents is 1. The number of rotatable bonds is 9. The third-order valence-corrected chi connectivity index (χ3v) is 3.83. The molecule has 0 heterocycles. The third-order valence-electron chi connectivity index (χ3n) is 3.83. The Balaban J connectivity index is 2.05. The third kappa shape index (κ3) is 5.67. The van der Waals surface area contributed by atoms with Gasteiger partial charge in [-0.15, -0.1) is 0 Å². The summed E-state index contributed by atoms with van der Waals surface area (Å²) in [6, 6.07) is 15.8. The van der Waals surface area contributed by atoms with Crippen LogP contribution in [0, 0.1) is 21.4 Å². The summed E-state index contributed by atoms with van der Waals surface area (Å²) >= 11 is 0. The smallest absolute Gasteiger partial charge is 0.269 e. The van der Waals surface area contributed by atoms with Crippen molar-refractivity contribution in [1.29, 1.82) is 5.26 Å². The Bertz CT molecular complexity index is 779. The topological polar surface area (TPSA) is 94.9 Å². The van der Waals surface area contributed by atoms with Gasteiger partial charge in [-0.25, -0.2) is 0 Å². The second kappa shape index (κ2) is 9.89. The molecule has 0 saturated carbocycles. The minimum Gasteiger partial charge on any atom is -0.371 e. The van der Waals surface area contributed by atoms with Gasteiger partial charge in [0.15, 0.2) is 0 Å². The van der Waals surface area contributed by atoms with Gasteiger partial charge in [-0.05, 0) is 42.8 Å². The molecule has 0 unspecified atom stereocenters. The van der Waals surface area contributed by atoms with E-state index in [4.69, 9.17) is 5.26 Å². The van der Waals surface area contributed by atoms with Crippen LogP contribution in [-0.4, -0.2) is 18.0 Å². The Labute approximate surface area is 152 Å². The molecule has 0 bridgehead atoms. The van der Waals surface area contributed by atoms with Crippen molar-refractivity contribution >= 4 is 22.7 Å². The van der Waals surface area contributed by atoms with Crippen LogP contribution >= 0.6 is 0 Å². The average molecular weight is 351 g/mol. The second-order valence-corrected chi connectivity index (χ2v) is 5.74. The van der Waals surface area contributed by atoms with Crippen LogP contribution in [0.3, 0.4) is 0 Å². The molecule has 0 N–H and O–H groups in total. The van der Waals surface area contributed by atoms with E-state index in [0.717, 1.165) is 25.1 Å². The lowest BCUT2D eigenvalue weighted by Crippen LogP contribution is -2.25. The summed E-state index contributed by atoms with van der Waals surface area (Å²) < 4.78 is 0. The van der Waals surface area contributed by atoms with Crippen molar-refractivity contribution in [3.63, 3.8) is 0 Å². The summed E-state index contributed by atoms with van der Waals surface area (Å²) in [6.07, 6.45) is 2.67. The standard InChI is InChI=1S/C19H21N5O2/c1-2-3-14-23(15-4-13-20)18-9-5-16(6-10-18)21-22-17-7-11-19(12-8-17)24(25)26/h5-12H,2-4,14-15H2,1H3. The maximum absolute atomic E-state index is 10.6. The SMILES string of the molecule is CCCCN(CCC#N)c1ccc(N=Nc2ccc([N+](=O)[O-])cc2)cc1. The summed E-state index contributed by atoms with van der Waals surface area (Å²) in [5.41, 5.74) is 2.34. The number of non-ortho nitro benzene ring substituents is 1. The molecule has 0 aromatic heterocycles. The number of unbranched alkanes of at least 4 members (excludes halogenated alkanes) is 1. The first-order valence-electron chi connectivity index (χ1n) is 8.52. The van der Waals surface area contributed by atoms with Gasteiger partial charge in [0.2, 0.25) is 0 Å². The monoisotopic (exact) mass is 351 g/mol. The molecule has 0 spiro atoms. The molecule has 2 aromatic carbocycles. The number of nitrogens with zero attached hydrogens (tertiary/aromatic N) is 5. The molecular weight excluding hydrogens is 330 g/mol. The van der Waals surface area contributed by atoms with Crippen molar-refractivity contribution in [3.8, 4) is 6.07 Å². The zero-order valence-corrected chi connectivity index (χ0v) is 14.7. The molecule has 0 atom stereocenters. The van der Waals surface area contributed by atoms with E-state index >= 15 is 0 Å². The highest BCUT2D eigenvalue weighted by molar-refractivity contribution is 5.53. The largest absolute Gasteiger partial charge is 0.371 e. The molecule has 26 heavy (non-hydrogen) atoms. The minimum absolute atomic E-state index is 0.0258. The highest BCUT2D eigenvalue weighted by Gasteiger charge is 2.06. The normalized spacial score (nSPS) is 10.6. The van der Waals surface area contributed by atoms with Crippen molar-refractivity contribution in [2.45, 2.75) is 26.2 Å². The van der Waals surface area contributed by atoms with E-state index in [1.807, 2.05) is 24.3 Å². The quantitative estimate of drug-likeness (QED) is 0.337. The fraction of sp³-hybridized carbons (Fsp3) is 0.316. The predicted molar refractivity (Wildman–Crippen MR) is 101 cm³/mol. The first kappa shape index (κ1) is 19.1. The van der Waals surface area contributed by atoms with Gasteiger partial charge < -0.3 is 4.90 Å². The fourth-order valence-electron chi connectivity index (χ4n) is 2.39. The summed E-state index contributed by atoms with van der Waals surface area (Å²) in [5, 5.41) is 27.7. The average Bonchev–Trinajstić information content (AvgIpc) is 2.67. The molecule has 0 aliphatic heterocycles. The first-order valence-corrected chi connectivity index (χ1v) is 8.52. The van der Waals surface area contributed by atoms with Gasteiger partial charge in [-0.3, -0.25) is 10.1 Å². The molecule has 0 radical (unpaired) electrons. The Kier molecular flexibility index (Phi) is 7.25. The Hall–Kier alpha value is -3.27. The Morgan fingerprint density at radius 2 is 1.62 bits per heavy atom. The first-order chi connectivity index (χ1) is 12.6. The van der Waals surface area contributed by atoms with E-state index in [-0.39, 0.29) is 5.69 Å². The van der Waals surface area contributed by atoms with Crippen molar-refractivity contribution in [1.82, 2.24) is 0 Å². The van der Waals surface area contributed by atoms with Crippen LogP contribution in [0.15, 0.2) is 58.8 Å². The number of anilines is 1. The van der Waals surface area contributed by atoms with E-state index in [1.54, 1.807) is 12.1 Å². The Morgan fingerprint density at radius 3 is 2.12 bits per heavy atom. The zero-order valence-electron chi connectivity index (χ0n) is 14.7. The molecule has 7 heteroatoms. The maximum Gasteiger partial charge on any atom is 0.269 e.